The Morgan fingerprint density at radius 1 is 0.833 bits per heavy atom. The number of hydrogen-bond donors (Lipinski definition) is 2. The van der Waals surface area contributed by atoms with Gasteiger partial charge in [-0.2, -0.15) is 0 Å². The molecule has 0 saturated carbocycles. The van der Waals surface area contributed by atoms with Crippen LogP contribution in [0.3, 0.4) is 0 Å². The lowest BCUT2D eigenvalue weighted by Gasteiger charge is -2.19. The summed E-state index contributed by atoms with van der Waals surface area (Å²) in [7, 11) is 1.60. The molecule has 0 saturated heterocycles. The van der Waals surface area contributed by atoms with Gasteiger partial charge in [0.1, 0.15) is 25.0 Å². The summed E-state index contributed by atoms with van der Waals surface area (Å²) in [6, 6.07) is 30.5. The van der Waals surface area contributed by atoms with E-state index in [0.29, 0.717) is 5.75 Å². The number of carbonyl (C=O) groups excluding carboxylic acids is 2. The molecule has 0 fully saturated rings. The first-order chi connectivity index (χ1) is 20.1. The van der Waals surface area contributed by atoms with E-state index in [1.807, 2.05) is 79.0 Å². The minimum atomic E-state index is -0.942. The van der Waals surface area contributed by atoms with E-state index in [-0.39, 0.29) is 33.0 Å². The summed E-state index contributed by atoms with van der Waals surface area (Å²) in [6.45, 7) is 0.222. The number of hydrogen-bond acceptors (Lipinski definition) is 5. The third-order valence-corrected chi connectivity index (χ3v) is 7.56. The van der Waals surface area contributed by atoms with Crippen molar-refractivity contribution in [2.45, 2.75) is 32.4 Å². The maximum Gasteiger partial charge on any atom is 0.407 e. The number of methoxy groups -OCH3 is 1. The average molecular weight is 563 g/mol. The van der Waals surface area contributed by atoms with Gasteiger partial charge in [0.25, 0.3) is 0 Å². The van der Waals surface area contributed by atoms with Crippen molar-refractivity contribution in [1.29, 1.82) is 0 Å². The molecule has 1 atom stereocenters. The highest BCUT2D eigenvalue weighted by atomic mass is 16.6. The SMILES string of the molecule is C.COc1ccc(COC(=O)[C@H](Cc2c[nH]c3ccccc23)NC(=O)OCC2c3ccccc3-c3ccccc32)cc1. The van der Waals surface area contributed by atoms with Crippen LogP contribution in [0.5, 0.6) is 5.75 Å². The monoisotopic (exact) mass is 562 g/mol. The van der Waals surface area contributed by atoms with Crippen molar-refractivity contribution in [3.05, 3.63) is 126 Å². The summed E-state index contributed by atoms with van der Waals surface area (Å²) < 4.78 is 16.6. The lowest BCUT2D eigenvalue weighted by atomic mass is 9.98. The lowest BCUT2D eigenvalue weighted by Crippen LogP contribution is -2.43. The zero-order valence-electron chi connectivity index (χ0n) is 22.6. The molecule has 0 radical (unpaired) electrons. The number of aromatic amines is 1. The number of carbonyl (C=O) groups is 2. The second-order valence-corrected chi connectivity index (χ2v) is 10.0. The fourth-order valence-electron chi connectivity index (χ4n) is 5.47. The Kier molecular flexibility index (Phi) is 8.58. The van der Waals surface area contributed by atoms with Crippen molar-refractivity contribution in [1.82, 2.24) is 10.3 Å². The quantitative estimate of drug-likeness (QED) is 0.189. The van der Waals surface area contributed by atoms with Gasteiger partial charge in [-0.3, -0.25) is 0 Å². The Morgan fingerprint density at radius 2 is 1.48 bits per heavy atom. The van der Waals surface area contributed by atoms with Crippen molar-refractivity contribution >= 4 is 23.0 Å². The van der Waals surface area contributed by atoms with Crippen molar-refractivity contribution in [3.63, 3.8) is 0 Å². The number of nitrogens with one attached hydrogen (secondary N) is 2. The molecule has 1 heterocycles. The van der Waals surface area contributed by atoms with Crippen molar-refractivity contribution < 1.29 is 23.8 Å². The molecule has 0 spiro atoms. The van der Waals surface area contributed by atoms with Gasteiger partial charge >= 0.3 is 12.1 Å². The molecule has 1 aliphatic carbocycles. The summed E-state index contributed by atoms with van der Waals surface area (Å²) in [4.78, 5) is 29.6. The van der Waals surface area contributed by atoms with Crippen LogP contribution in [0, 0.1) is 0 Å². The zero-order valence-corrected chi connectivity index (χ0v) is 22.6. The van der Waals surface area contributed by atoms with Gasteiger partial charge in [0.15, 0.2) is 0 Å². The molecule has 1 aromatic heterocycles. The van der Waals surface area contributed by atoms with Gasteiger partial charge in [-0.15, -0.1) is 0 Å². The number of benzene rings is 4. The van der Waals surface area contributed by atoms with Gasteiger partial charge in [-0.25, -0.2) is 9.59 Å². The van der Waals surface area contributed by atoms with E-state index >= 15 is 0 Å². The molecule has 0 aliphatic heterocycles. The molecule has 2 N–H and O–H groups in total. The third-order valence-electron chi connectivity index (χ3n) is 7.56. The minimum Gasteiger partial charge on any atom is -0.497 e. The van der Waals surface area contributed by atoms with Gasteiger partial charge in [-0.05, 0) is 51.6 Å². The lowest BCUT2D eigenvalue weighted by molar-refractivity contribution is -0.147. The summed E-state index contributed by atoms with van der Waals surface area (Å²) in [6.07, 6.45) is 1.43. The van der Waals surface area contributed by atoms with Crippen LogP contribution in [0.4, 0.5) is 4.79 Å². The summed E-state index contributed by atoms with van der Waals surface area (Å²) in [5, 5.41) is 3.76. The molecular formula is C35H34N2O5. The Hall–Kier alpha value is -5.04. The number of esters is 1. The molecule has 0 bridgehead atoms. The normalized spacial score (nSPS) is 12.5. The smallest absolute Gasteiger partial charge is 0.407 e. The number of H-pyrrole nitrogens is 1. The fraction of sp³-hybridized carbons (Fsp3) is 0.200. The van der Waals surface area contributed by atoms with Gasteiger partial charge in [-0.1, -0.05) is 86.3 Å². The largest absolute Gasteiger partial charge is 0.497 e. The molecular weight excluding hydrogens is 528 g/mol. The number of para-hydroxylation sites is 1. The van der Waals surface area contributed by atoms with Crippen LogP contribution in [0.1, 0.15) is 35.6 Å². The summed E-state index contributed by atoms with van der Waals surface area (Å²) in [5.41, 5.74) is 7.20. The highest BCUT2D eigenvalue weighted by Crippen LogP contribution is 2.44. The van der Waals surface area contributed by atoms with Gasteiger partial charge in [0, 0.05) is 29.4 Å². The van der Waals surface area contributed by atoms with Crippen LogP contribution in [-0.2, 0) is 27.3 Å². The molecule has 4 aromatic carbocycles. The predicted octanol–water partition coefficient (Wildman–Crippen LogP) is 7.01. The molecule has 0 unspecified atom stereocenters. The van der Waals surface area contributed by atoms with E-state index in [1.165, 1.54) is 0 Å². The number of fused-ring (bicyclic) bond motifs is 4. The molecule has 1 amide bonds. The summed E-state index contributed by atoms with van der Waals surface area (Å²) >= 11 is 0. The van der Waals surface area contributed by atoms with Crippen LogP contribution < -0.4 is 10.1 Å². The van der Waals surface area contributed by atoms with Crippen molar-refractivity contribution in [3.8, 4) is 16.9 Å². The maximum absolute atomic E-state index is 13.3. The van der Waals surface area contributed by atoms with Crippen LogP contribution in [0.25, 0.3) is 22.0 Å². The molecule has 42 heavy (non-hydrogen) atoms. The molecule has 6 rings (SSSR count). The topological polar surface area (TPSA) is 89.7 Å². The van der Waals surface area contributed by atoms with Gasteiger partial charge < -0.3 is 24.5 Å². The zero-order chi connectivity index (χ0) is 28.2. The second kappa shape index (κ2) is 12.6. The highest BCUT2D eigenvalue weighted by Gasteiger charge is 2.30. The van der Waals surface area contributed by atoms with Crippen molar-refractivity contribution in [2.75, 3.05) is 13.7 Å². The van der Waals surface area contributed by atoms with Crippen LogP contribution in [-0.4, -0.2) is 36.8 Å². The predicted molar refractivity (Wildman–Crippen MR) is 164 cm³/mol. The van der Waals surface area contributed by atoms with Gasteiger partial charge in [0.05, 0.1) is 7.11 Å². The molecule has 214 valence electrons. The van der Waals surface area contributed by atoms with Crippen LogP contribution in [0.15, 0.2) is 103 Å². The Bertz CT molecular complexity index is 1650. The van der Waals surface area contributed by atoms with E-state index in [2.05, 4.69) is 34.6 Å². The van der Waals surface area contributed by atoms with Crippen molar-refractivity contribution in [2.24, 2.45) is 0 Å². The van der Waals surface area contributed by atoms with Gasteiger partial charge in [0.2, 0.25) is 0 Å². The second-order valence-electron chi connectivity index (χ2n) is 10.0. The number of ether oxygens (including phenoxy) is 3. The average Bonchev–Trinajstić information content (AvgIpc) is 3.57. The Labute approximate surface area is 245 Å². The number of alkyl carbamates (subject to hydrolysis) is 1. The van der Waals surface area contributed by atoms with Crippen LogP contribution >= 0.6 is 0 Å². The fourth-order valence-corrected chi connectivity index (χ4v) is 5.47. The molecule has 1 aliphatic rings. The highest BCUT2D eigenvalue weighted by molar-refractivity contribution is 5.86. The first kappa shape index (κ1) is 28.5. The van der Waals surface area contributed by atoms with Crippen LogP contribution in [0.2, 0.25) is 0 Å². The number of rotatable bonds is 9. The molecule has 5 aromatic rings. The number of amides is 1. The van der Waals surface area contributed by atoms with E-state index in [9.17, 15) is 9.59 Å². The Morgan fingerprint density at radius 3 is 2.17 bits per heavy atom. The molecule has 7 heteroatoms. The molecule has 7 nitrogen and oxygen atoms in total. The van der Waals surface area contributed by atoms with E-state index < -0.39 is 18.1 Å². The third kappa shape index (κ3) is 5.86. The first-order valence-corrected chi connectivity index (χ1v) is 13.6. The minimum absolute atomic E-state index is 0. The Balaban J connectivity index is 0.00000353. The summed E-state index contributed by atoms with van der Waals surface area (Å²) in [5.74, 6) is 0.0936. The van der Waals surface area contributed by atoms with E-state index in [1.54, 1.807) is 7.11 Å². The maximum atomic E-state index is 13.3. The van der Waals surface area contributed by atoms with E-state index in [0.717, 1.165) is 44.3 Å². The first-order valence-electron chi connectivity index (χ1n) is 13.6. The standard InChI is InChI=1S/C34H30N2O5.CH4/c1-39-24-16-14-22(15-17-24)20-40-33(37)32(18-23-19-35-31-13-7-6-8-25(23)31)36-34(38)41-21-30-28-11-4-2-9-26(28)27-10-3-5-12-29(27)30;/h2-17,19,30,32,35H,18,20-21H2,1H3,(H,36,38);1H4/t32-;/m0./s1. The number of aromatic nitrogens is 1. The van der Waals surface area contributed by atoms with E-state index in [4.69, 9.17) is 14.2 Å².